The van der Waals surface area contributed by atoms with Crippen LogP contribution in [0.2, 0.25) is 0 Å². The summed E-state index contributed by atoms with van der Waals surface area (Å²) in [5, 5.41) is 5.12. The zero-order chi connectivity index (χ0) is 17.8. The van der Waals surface area contributed by atoms with Gasteiger partial charge in [0, 0.05) is 12.2 Å². The lowest BCUT2D eigenvalue weighted by Crippen LogP contribution is -2.36. The van der Waals surface area contributed by atoms with E-state index in [4.69, 9.17) is 0 Å². The number of halogens is 1. The highest BCUT2D eigenvalue weighted by Crippen LogP contribution is 2.15. The molecule has 134 valence electrons. The summed E-state index contributed by atoms with van der Waals surface area (Å²) in [6.45, 7) is 4.39. The van der Waals surface area contributed by atoms with Gasteiger partial charge in [-0.15, -0.1) is 0 Å². The fraction of sp³-hybridized carbons (Fsp3) is 0.579. The number of unbranched alkanes of at least 4 members (excludes halogenated alkanes) is 7. The number of rotatable bonds is 10. The first kappa shape index (κ1) is 20.1. The molecule has 0 spiro atoms. The van der Waals surface area contributed by atoms with E-state index in [1.54, 1.807) is 6.92 Å². The van der Waals surface area contributed by atoms with Crippen molar-refractivity contribution in [3.8, 4) is 0 Å². The quantitative estimate of drug-likeness (QED) is 0.493. The van der Waals surface area contributed by atoms with Crippen LogP contribution in [-0.2, 0) is 9.59 Å². The predicted octanol–water partition coefficient (Wildman–Crippen LogP) is 4.33. The van der Waals surface area contributed by atoms with E-state index >= 15 is 0 Å². The molecule has 0 saturated heterocycles. The van der Waals surface area contributed by atoms with Crippen molar-refractivity contribution in [3.05, 3.63) is 29.6 Å². The van der Waals surface area contributed by atoms with Crippen LogP contribution in [0.1, 0.15) is 63.9 Å². The minimum absolute atomic E-state index is 0.371. The number of amides is 2. The van der Waals surface area contributed by atoms with Gasteiger partial charge in [0.2, 0.25) is 0 Å². The van der Waals surface area contributed by atoms with Crippen LogP contribution in [0, 0.1) is 12.7 Å². The molecule has 24 heavy (non-hydrogen) atoms. The van der Waals surface area contributed by atoms with Gasteiger partial charge in [0.05, 0.1) is 0 Å². The third-order valence-corrected chi connectivity index (χ3v) is 3.96. The lowest BCUT2D eigenvalue weighted by molar-refractivity contribution is -0.136. The molecule has 5 heteroatoms. The van der Waals surface area contributed by atoms with Crippen LogP contribution in [0.15, 0.2) is 18.2 Å². The van der Waals surface area contributed by atoms with Crippen LogP contribution in [0.5, 0.6) is 0 Å². The monoisotopic (exact) mass is 336 g/mol. The molecule has 1 aromatic rings. The Hall–Kier alpha value is -1.91. The molecule has 0 bridgehead atoms. The Labute approximate surface area is 144 Å². The molecule has 0 aliphatic carbocycles. The van der Waals surface area contributed by atoms with Crippen molar-refractivity contribution in [2.75, 3.05) is 11.9 Å². The van der Waals surface area contributed by atoms with E-state index in [9.17, 15) is 14.0 Å². The van der Waals surface area contributed by atoms with Crippen molar-refractivity contribution in [2.45, 2.75) is 65.2 Å². The molecular weight excluding hydrogens is 307 g/mol. The highest BCUT2D eigenvalue weighted by Gasteiger charge is 2.14. The number of benzene rings is 1. The number of hydrogen-bond acceptors (Lipinski definition) is 2. The molecule has 0 fully saturated rings. The molecule has 1 aromatic carbocycles. The van der Waals surface area contributed by atoms with Crippen molar-refractivity contribution < 1.29 is 14.0 Å². The van der Waals surface area contributed by atoms with Crippen LogP contribution in [-0.4, -0.2) is 18.4 Å². The minimum Gasteiger partial charge on any atom is -0.348 e. The Morgan fingerprint density at radius 2 is 1.58 bits per heavy atom. The molecular formula is C19H29FN2O2. The van der Waals surface area contributed by atoms with Gasteiger partial charge in [-0.05, 0) is 37.1 Å². The van der Waals surface area contributed by atoms with E-state index in [-0.39, 0.29) is 5.82 Å². The van der Waals surface area contributed by atoms with Crippen molar-refractivity contribution in [2.24, 2.45) is 0 Å². The molecule has 0 aromatic heterocycles. The summed E-state index contributed by atoms with van der Waals surface area (Å²) in [6, 6.07) is 4.02. The van der Waals surface area contributed by atoms with Crippen molar-refractivity contribution in [1.82, 2.24) is 5.32 Å². The minimum atomic E-state index is -0.718. The van der Waals surface area contributed by atoms with E-state index in [1.165, 1.54) is 56.7 Å². The van der Waals surface area contributed by atoms with E-state index in [1.807, 2.05) is 0 Å². The SMILES string of the molecule is CCCCCCCCCCNC(=O)C(=O)Nc1ccc(F)cc1C. The zero-order valence-corrected chi connectivity index (χ0v) is 14.8. The van der Waals surface area contributed by atoms with Crippen LogP contribution >= 0.6 is 0 Å². The summed E-state index contributed by atoms with van der Waals surface area (Å²) in [6.07, 6.45) is 9.48. The second-order valence-electron chi connectivity index (χ2n) is 6.14. The molecule has 0 unspecified atom stereocenters. The van der Waals surface area contributed by atoms with Gasteiger partial charge in [-0.2, -0.15) is 0 Å². The fourth-order valence-corrected chi connectivity index (χ4v) is 2.49. The lowest BCUT2D eigenvalue weighted by Gasteiger charge is -2.09. The Kier molecular flexibility index (Phi) is 9.73. The molecule has 0 aliphatic rings. The van der Waals surface area contributed by atoms with E-state index < -0.39 is 11.8 Å². The highest BCUT2D eigenvalue weighted by atomic mass is 19.1. The standard InChI is InChI=1S/C19H29FN2O2/c1-3-4-5-6-7-8-9-10-13-21-18(23)19(24)22-17-12-11-16(20)14-15(17)2/h11-12,14H,3-10,13H2,1-2H3,(H,21,23)(H,22,24). The predicted molar refractivity (Wildman–Crippen MR) is 95.4 cm³/mol. The van der Waals surface area contributed by atoms with Crippen LogP contribution in [0.25, 0.3) is 0 Å². The first-order chi connectivity index (χ1) is 11.5. The first-order valence-electron chi connectivity index (χ1n) is 8.90. The summed E-state index contributed by atoms with van der Waals surface area (Å²) >= 11 is 0. The first-order valence-corrected chi connectivity index (χ1v) is 8.90. The van der Waals surface area contributed by atoms with Gasteiger partial charge >= 0.3 is 11.8 Å². The third kappa shape index (κ3) is 8.09. The summed E-state index contributed by atoms with van der Waals surface area (Å²) in [7, 11) is 0. The normalized spacial score (nSPS) is 10.5. The summed E-state index contributed by atoms with van der Waals surface area (Å²) in [5.41, 5.74) is 1.03. The van der Waals surface area contributed by atoms with E-state index in [2.05, 4.69) is 17.6 Å². The van der Waals surface area contributed by atoms with E-state index in [0.717, 1.165) is 12.8 Å². The van der Waals surface area contributed by atoms with Gasteiger partial charge < -0.3 is 10.6 Å². The van der Waals surface area contributed by atoms with Crippen molar-refractivity contribution >= 4 is 17.5 Å². The number of aryl methyl sites for hydroxylation is 1. The molecule has 0 atom stereocenters. The number of carbonyl (C=O) groups excluding carboxylic acids is 2. The van der Waals surface area contributed by atoms with Gasteiger partial charge in [-0.25, -0.2) is 4.39 Å². The summed E-state index contributed by atoms with van der Waals surface area (Å²) < 4.78 is 13.0. The Bertz CT molecular complexity index is 532. The fourth-order valence-electron chi connectivity index (χ4n) is 2.49. The molecule has 0 radical (unpaired) electrons. The number of carbonyl (C=O) groups is 2. The molecule has 4 nitrogen and oxygen atoms in total. The molecule has 1 rings (SSSR count). The van der Waals surface area contributed by atoms with Crippen molar-refractivity contribution in [1.29, 1.82) is 0 Å². The van der Waals surface area contributed by atoms with Crippen LogP contribution in [0.4, 0.5) is 10.1 Å². The average molecular weight is 336 g/mol. The molecule has 0 saturated carbocycles. The topological polar surface area (TPSA) is 58.2 Å². The van der Waals surface area contributed by atoms with Gasteiger partial charge in [0.1, 0.15) is 5.82 Å². The largest absolute Gasteiger partial charge is 0.348 e. The van der Waals surface area contributed by atoms with Gasteiger partial charge in [-0.3, -0.25) is 9.59 Å². The number of anilines is 1. The average Bonchev–Trinajstić information content (AvgIpc) is 2.55. The second-order valence-corrected chi connectivity index (χ2v) is 6.14. The van der Waals surface area contributed by atoms with Crippen LogP contribution < -0.4 is 10.6 Å². The summed E-state index contributed by atoms with van der Waals surface area (Å²) in [5.74, 6) is -1.74. The van der Waals surface area contributed by atoms with Crippen molar-refractivity contribution in [3.63, 3.8) is 0 Å². The Balaban J connectivity index is 2.15. The van der Waals surface area contributed by atoms with Gasteiger partial charge in [0.15, 0.2) is 0 Å². The summed E-state index contributed by atoms with van der Waals surface area (Å²) in [4.78, 5) is 23.5. The smallest absolute Gasteiger partial charge is 0.313 e. The molecule has 0 heterocycles. The van der Waals surface area contributed by atoms with E-state index in [0.29, 0.717) is 17.8 Å². The lowest BCUT2D eigenvalue weighted by atomic mass is 10.1. The Morgan fingerprint density at radius 1 is 0.958 bits per heavy atom. The van der Waals surface area contributed by atoms with Crippen LogP contribution in [0.3, 0.4) is 0 Å². The number of nitrogens with one attached hydrogen (secondary N) is 2. The number of hydrogen-bond donors (Lipinski definition) is 2. The Morgan fingerprint density at radius 3 is 2.21 bits per heavy atom. The van der Waals surface area contributed by atoms with Gasteiger partial charge in [-0.1, -0.05) is 51.9 Å². The highest BCUT2D eigenvalue weighted by molar-refractivity contribution is 6.39. The van der Waals surface area contributed by atoms with Gasteiger partial charge in [0.25, 0.3) is 0 Å². The molecule has 0 aliphatic heterocycles. The zero-order valence-electron chi connectivity index (χ0n) is 14.8. The maximum absolute atomic E-state index is 13.0. The molecule has 2 amide bonds. The maximum Gasteiger partial charge on any atom is 0.313 e. The molecule has 2 N–H and O–H groups in total. The maximum atomic E-state index is 13.0. The third-order valence-electron chi connectivity index (χ3n) is 3.96. The second kappa shape index (κ2) is 11.6.